The van der Waals surface area contributed by atoms with Crippen LogP contribution in [0.3, 0.4) is 0 Å². The second-order valence-electron chi connectivity index (χ2n) is 4.15. The molecule has 0 bridgehead atoms. The number of nitrogens with zero attached hydrogens (tertiary/aromatic N) is 2. The summed E-state index contributed by atoms with van der Waals surface area (Å²) in [6, 6.07) is 6.21. The van der Waals surface area contributed by atoms with Crippen molar-refractivity contribution in [2.45, 2.75) is 36.9 Å². The molecule has 1 N–H and O–H groups in total. The van der Waals surface area contributed by atoms with E-state index in [0.29, 0.717) is 11.1 Å². The topological polar surface area (TPSA) is 51.0 Å². The van der Waals surface area contributed by atoms with E-state index in [1.807, 2.05) is 18.2 Å². The molecule has 2 aromatic rings. The van der Waals surface area contributed by atoms with Gasteiger partial charge in [-0.05, 0) is 42.9 Å². The van der Waals surface area contributed by atoms with Crippen LogP contribution in [0, 0.1) is 6.92 Å². The standard InChI is InChI=1S/C13H16ClN3OS/c1-4-15-8(2)11-6-5-10(7-12(11)14)19-13-17-16-9(3)18-13/h5-8,15H,4H2,1-3H3. The molecule has 1 unspecified atom stereocenters. The van der Waals surface area contributed by atoms with E-state index in [9.17, 15) is 0 Å². The molecule has 0 amide bonds. The maximum atomic E-state index is 6.31. The monoisotopic (exact) mass is 297 g/mol. The molecule has 1 atom stereocenters. The largest absolute Gasteiger partial charge is 0.416 e. The molecule has 0 saturated heterocycles. The maximum absolute atomic E-state index is 6.31. The Morgan fingerprint density at radius 3 is 2.79 bits per heavy atom. The van der Waals surface area contributed by atoms with Crippen LogP contribution in [0.4, 0.5) is 0 Å². The van der Waals surface area contributed by atoms with Crippen LogP contribution in [-0.4, -0.2) is 16.7 Å². The van der Waals surface area contributed by atoms with E-state index >= 15 is 0 Å². The summed E-state index contributed by atoms with van der Waals surface area (Å²) in [7, 11) is 0. The summed E-state index contributed by atoms with van der Waals surface area (Å²) in [5.41, 5.74) is 1.09. The highest BCUT2D eigenvalue weighted by molar-refractivity contribution is 7.99. The molecular weight excluding hydrogens is 282 g/mol. The van der Waals surface area contributed by atoms with E-state index in [0.717, 1.165) is 22.0 Å². The van der Waals surface area contributed by atoms with Crippen molar-refractivity contribution in [3.05, 3.63) is 34.7 Å². The minimum atomic E-state index is 0.238. The van der Waals surface area contributed by atoms with Crippen LogP contribution in [0.2, 0.25) is 5.02 Å². The van der Waals surface area contributed by atoms with Gasteiger partial charge in [0.2, 0.25) is 5.89 Å². The first kappa shape index (κ1) is 14.4. The lowest BCUT2D eigenvalue weighted by Crippen LogP contribution is -2.17. The van der Waals surface area contributed by atoms with Gasteiger partial charge >= 0.3 is 0 Å². The third kappa shape index (κ3) is 3.72. The zero-order chi connectivity index (χ0) is 13.8. The molecule has 0 aliphatic heterocycles. The van der Waals surface area contributed by atoms with Crippen molar-refractivity contribution in [3.8, 4) is 0 Å². The van der Waals surface area contributed by atoms with Gasteiger partial charge in [0.15, 0.2) is 0 Å². The number of hydrogen-bond donors (Lipinski definition) is 1. The van der Waals surface area contributed by atoms with E-state index in [1.54, 1.807) is 6.92 Å². The molecular formula is C13H16ClN3OS. The van der Waals surface area contributed by atoms with Crippen molar-refractivity contribution in [1.82, 2.24) is 15.5 Å². The van der Waals surface area contributed by atoms with Crippen LogP contribution in [0.1, 0.15) is 31.3 Å². The molecule has 2 rings (SSSR count). The Morgan fingerprint density at radius 1 is 1.42 bits per heavy atom. The number of hydrogen-bond acceptors (Lipinski definition) is 5. The first-order valence-corrected chi connectivity index (χ1v) is 7.30. The number of rotatable bonds is 5. The summed E-state index contributed by atoms with van der Waals surface area (Å²) in [5.74, 6) is 0.561. The Kier molecular flexibility index (Phi) is 4.85. The molecule has 0 spiro atoms. The van der Waals surface area contributed by atoms with Crippen molar-refractivity contribution in [2.75, 3.05) is 6.54 Å². The highest BCUT2D eigenvalue weighted by atomic mass is 35.5. The molecule has 1 heterocycles. The summed E-state index contributed by atoms with van der Waals surface area (Å²) in [5, 5.41) is 12.4. The number of aryl methyl sites for hydroxylation is 1. The van der Waals surface area contributed by atoms with Crippen molar-refractivity contribution >= 4 is 23.4 Å². The lowest BCUT2D eigenvalue weighted by Gasteiger charge is -2.14. The summed E-state index contributed by atoms with van der Waals surface area (Å²) < 4.78 is 5.33. The van der Waals surface area contributed by atoms with Gasteiger partial charge in [-0.15, -0.1) is 10.2 Å². The van der Waals surface area contributed by atoms with Crippen LogP contribution in [0.5, 0.6) is 0 Å². The average molecular weight is 298 g/mol. The molecule has 0 aliphatic rings. The highest BCUT2D eigenvalue weighted by Gasteiger charge is 2.11. The molecule has 6 heteroatoms. The van der Waals surface area contributed by atoms with Gasteiger partial charge in [0.1, 0.15) is 0 Å². The fourth-order valence-electron chi connectivity index (χ4n) is 1.76. The number of aromatic nitrogens is 2. The van der Waals surface area contributed by atoms with Gasteiger partial charge in [-0.25, -0.2) is 0 Å². The summed E-state index contributed by atoms with van der Waals surface area (Å²) >= 11 is 7.72. The molecule has 4 nitrogen and oxygen atoms in total. The summed E-state index contributed by atoms with van der Waals surface area (Å²) in [6.45, 7) is 6.85. The fourth-order valence-corrected chi connectivity index (χ4v) is 2.93. The van der Waals surface area contributed by atoms with Crippen LogP contribution < -0.4 is 5.32 Å². The van der Waals surface area contributed by atoms with E-state index in [4.69, 9.17) is 16.0 Å². The zero-order valence-electron chi connectivity index (χ0n) is 11.1. The van der Waals surface area contributed by atoms with E-state index in [-0.39, 0.29) is 6.04 Å². The normalized spacial score (nSPS) is 12.6. The lowest BCUT2D eigenvalue weighted by molar-refractivity contribution is 0.429. The van der Waals surface area contributed by atoms with Crippen LogP contribution in [0.25, 0.3) is 0 Å². The number of nitrogens with one attached hydrogen (secondary N) is 1. The average Bonchev–Trinajstić information content (AvgIpc) is 2.75. The molecule has 0 fully saturated rings. The Morgan fingerprint density at radius 2 is 2.21 bits per heavy atom. The zero-order valence-corrected chi connectivity index (χ0v) is 12.7. The molecule has 0 radical (unpaired) electrons. The smallest absolute Gasteiger partial charge is 0.281 e. The minimum Gasteiger partial charge on any atom is -0.416 e. The van der Waals surface area contributed by atoms with E-state index < -0.39 is 0 Å². The predicted molar refractivity (Wildman–Crippen MR) is 76.7 cm³/mol. The number of halogens is 1. The predicted octanol–water partition coefficient (Wildman–Crippen LogP) is 3.85. The van der Waals surface area contributed by atoms with Gasteiger partial charge in [0.05, 0.1) is 0 Å². The van der Waals surface area contributed by atoms with Crippen molar-refractivity contribution in [1.29, 1.82) is 0 Å². The quantitative estimate of drug-likeness (QED) is 0.908. The van der Waals surface area contributed by atoms with Crippen molar-refractivity contribution in [2.24, 2.45) is 0 Å². The Bertz CT molecular complexity index is 559. The molecule has 102 valence electrons. The maximum Gasteiger partial charge on any atom is 0.281 e. The molecule has 1 aromatic heterocycles. The first-order valence-electron chi connectivity index (χ1n) is 6.11. The second-order valence-corrected chi connectivity index (χ2v) is 5.58. The third-order valence-electron chi connectivity index (χ3n) is 2.66. The van der Waals surface area contributed by atoms with Crippen LogP contribution in [0.15, 0.2) is 32.7 Å². The third-order valence-corrected chi connectivity index (χ3v) is 3.82. The number of benzene rings is 1. The minimum absolute atomic E-state index is 0.238. The van der Waals surface area contributed by atoms with Crippen LogP contribution in [-0.2, 0) is 0 Å². The lowest BCUT2D eigenvalue weighted by atomic mass is 10.1. The van der Waals surface area contributed by atoms with Gasteiger partial charge in [-0.1, -0.05) is 24.6 Å². The molecule has 0 aliphatic carbocycles. The van der Waals surface area contributed by atoms with Gasteiger partial charge in [0.25, 0.3) is 5.22 Å². The van der Waals surface area contributed by atoms with Gasteiger partial charge < -0.3 is 9.73 Å². The summed E-state index contributed by atoms with van der Waals surface area (Å²) in [6.07, 6.45) is 0. The van der Waals surface area contributed by atoms with Gasteiger partial charge in [-0.3, -0.25) is 0 Å². The fraction of sp³-hybridized carbons (Fsp3) is 0.385. The molecule has 0 saturated carbocycles. The Labute approximate surface area is 121 Å². The highest BCUT2D eigenvalue weighted by Crippen LogP contribution is 2.32. The Hall–Kier alpha value is -1.04. The SMILES string of the molecule is CCNC(C)c1ccc(Sc2nnc(C)o2)cc1Cl. The van der Waals surface area contributed by atoms with Crippen LogP contribution >= 0.6 is 23.4 Å². The molecule has 19 heavy (non-hydrogen) atoms. The first-order chi connectivity index (χ1) is 9.10. The van der Waals surface area contributed by atoms with Crippen molar-refractivity contribution < 1.29 is 4.42 Å². The van der Waals surface area contributed by atoms with E-state index in [1.165, 1.54) is 11.8 Å². The molecule has 1 aromatic carbocycles. The van der Waals surface area contributed by atoms with E-state index in [2.05, 4.69) is 29.4 Å². The Balaban J connectivity index is 2.14. The van der Waals surface area contributed by atoms with Crippen molar-refractivity contribution in [3.63, 3.8) is 0 Å². The summed E-state index contributed by atoms with van der Waals surface area (Å²) in [4.78, 5) is 0.987. The van der Waals surface area contributed by atoms with Gasteiger partial charge in [-0.2, -0.15) is 0 Å². The van der Waals surface area contributed by atoms with Gasteiger partial charge in [0, 0.05) is 22.9 Å². The second kappa shape index (κ2) is 6.41.